The van der Waals surface area contributed by atoms with Crippen LogP contribution in [-0.2, 0) is 30.4 Å². The molecule has 0 bridgehead atoms. The Balaban J connectivity index is 2.42. The molecule has 0 spiro atoms. The molecule has 1 unspecified atom stereocenters. The third-order valence-corrected chi connectivity index (χ3v) is 2.91. The molecule has 8 nitrogen and oxygen atoms in total. The van der Waals surface area contributed by atoms with Crippen molar-refractivity contribution < 1.29 is 28.6 Å². The van der Waals surface area contributed by atoms with E-state index in [-0.39, 0.29) is 26.3 Å². The summed E-state index contributed by atoms with van der Waals surface area (Å²) in [5.41, 5.74) is 0.822. The van der Waals surface area contributed by atoms with Crippen molar-refractivity contribution >= 4 is 18.0 Å². The van der Waals surface area contributed by atoms with Gasteiger partial charge in [-0.2, -0.15) is 0 Å². The molecule has 8 heteroatoms. The third kappa shape index (κ3) is 7.59. The fraction of sp³-hybridized carbons (Fsp3) is 0.438. The maximum Gasteiger partial charge on any atom is 0.408 e. The third-order valence-electron chi connectivity index (χ3n) is 2.91. The standard InChI is InChI=1S/C16H22N2O6/c1-3-23-14(19)10-17-9-13(15(20)22-2)18-16(21)24-11-12-7-5-4-6-8-12/h4-8,13,17H,3,9-11H2,1-2H3,(H,18,21). The number of rotatable bonds is 9. The van der Waals surface area contributed by atoms with Crippen molar-refractivity contribution in [3.8, 4) is 0 Å². The SMILES string of the molecule is CCOC(=O)CNCC(NC(=O)OCc1ccccc1)C(=O)OC. The van der Waals surface area contributed by atoms with Gasteiger partial charge < -0.3 is 24.8 Å². The number of benzene rings is 1. The summed E-state index contributed by atoms with van der Waals surface area (Å²) in [6.07, 6.45) is -0.757. The van der Waals surface area contributed by atoms with Crippen molar-refractivity contribution in [1.82, 2.24) is 10.6 Å². The molecule has 0 saturated carbocycles. The average Bonchev–Trinajstić information content (AvgIpc) is 2.59. The van der Waals surface area contributed by atoms with Gasteiger partial charge in [0.05, 0.1) is 20.3 Å². The van der Waals surface area contributed by atoms with E-state index >= 15 is 0 Å². The molecule has 0 aliphatic carbocycles. The highest BCUT2D eigenvalue weighted by Gasteiger charge is 2.22. The maximum absolute atomic E-state index is 11.8. The first-order chi connectivity index (χ1) is 11.6. The molecule has 1 rings (SSSR count). The molecule has 2 N–H and O–H groups in total. The zero-order valence-electron chi connectivity index (χ0n) is 13.7. The molecule has 1 aromatic carbocycles. The smallest absolute Gasteiger partial charge is 0.408 e. The van der Waals surface area contributed by atoms with Crippen LogP contribution in [0.2, 0.25) is 0 Å². The van der Waals surface area contributed by atoms with Crippen molar-refractivity contribution in [2.75, 3.05) is 26.8 Å². The second-order valence-electron chi connectivity index (χ2n) is 4.72. The van der Waals surface area contributed by atoms with Gasteiger partial charge in [-0.1, -0.05) is 30.3 Å². The summed E-state index contributed by atoms with van der Waals surface area (Å²) < 4.78 is 14.4. The molecule has 24 heavy (non-hydrogen) atoms. The van der Waals surface area contributed by atoms with Gasteiger partial charge in [0, 0.05) is 6.54 Å². The fourth-order valence-corrected chi connectivity index (χ4v) is 1.77. The number of carbonyl (C=O) groups is 3. The molecule has 1 amide bonds. The molecule has 1 aromatic rings. The lowest BCUT2D eigenvalue weighted by molar-refractivity contribution is -0.144. The van der Waals surface area contributed by atoms with Crippen LogP contribution in [0.25, 0.3) is 0 Å². The minimum Gasteiger partial charge on any atom is -0.467 e. The number of hydrogen-bond donors (Lipinski definition) is 2. The van der Waals surface area contributed by atoms with E-state index in [0.717, 1.165) is 5.56 Å². The number of esters is 2. The van der Waals surface area contributed by atoms with Gasteiger partial charge in [-0.15, -0.1) is 0 Å². The summed E-state index contributed by atoms with van der Waals surface area (Å²) in [4.78, 5) is 34.7. The van der Waals surface area contributed by atoms with E-state index in [9.17, 15) is 14.4 Å². The van der Waals surface area contributed by atoms with E-state index in [2.05, 4.69) is 15.4 Å². The van der Waals surface area contributed by atoms with Crippen molar-refractivity contribution in [3.63, 3.8) is 0 Å². The Morgan fingerprint density at radius 1 is 1.12 bits per heavy atom. The van der Waals surface area contributed by atoms with E-state index in [1.807, 2.05) is 30.3 Å². The molecular formula is C16H22N2O6. The molecule has 0 fully saturated rings. The Labute approximate surface area is 140 Å². The molecular weight excluding hydrogens is 316 g/mol. The second-order valence-corrected chi connectivity index (χ2v) is 4.72. The van der Waals surface area contributed by atoms with Gasteiger partial charge in [0.15, 0.2) is 0 Å². The van der Waals surface area contributed by atoms with Crippen molar-refractivity contribution in [2.24, 2.45) is 0 Å². The van der Waals surface area contributed by atoms with Crippen LogP contribution in [0.5, 0.6) is 0 Å². The zero-order chi connectivity index (χ0) is 17.8. The molecule has 132 valence electrons. The Morgan fingerprint density at radius 2 is 1.83 bits per heavy atom. The van der Waals surface area contributed by atoms with Crippen LogP contribution in [0.15, 0.2) is 30.3 Å². The number of amides is 1. The molecule has 0 aromatic heterocycles. The highest BCUT2D eigenvalue weighted by molar-refractivity contribution is 5.81. The van der Waals surface area contributed by atoms with Gasteiger partial charge in [0.1, 0.15) is 12.6 Å². The quantitative estimate of drug-likeness (QED) is 0.502. The Morgan fingerprint density at radius 3 is 2.46 bits per heavy atom. The van der Waals surface area contributed by atoms with Gasteiger partial charge in [0.2, 0.25) is 0 Å². The van der Waals surface area contributed by atoms with Crippen LogP contribution in [0, 0.1) is 0 Å². The fourth-order valence-electron chi connectivity index (χ4n) is 1.77. The number of carbonyl (C=O) groups excluding carboxylic acids is 3. The number of alkyl carbamates (subject to hydrolysis) is 1. The Kier molecular flexibility index (Phi) is 8.91. The van der Waals surface area contributed by atoms with Gasteiger partial charge in [-0.05, 0) is 12.5 Å². The average molecular weight is 338 g/mol. The summed E-state index contributed by atoms with van der Waals surface area (Å²) in [5.74, 6) is -1.10. The summed E-state index contributed by atoms with van der Waals surface area (Å²) in [6, 6.07) is 8.15. The number of hydrogen-bond acceptors (Lipinski definition) is 7. The normalized spacial score (nSPS) is 11.2. The summed E-state index contributed by atoms with van der Waals surface area (Å²) >= 11 is 0. The monoisotopic (exact) mass is 338 g/mol. The van der Waals surface area contributed by atoms with Crippen molar-refractivity contribution in [1.29, 1.82) is 0 Å². The Bertz CT molecular complexity index is 535. The number of nitrogens with one attached hydrogen (secondary N) is 2. The van der Waals surface area contributed by atoms with E-state index < -0.39 is 24.1 Å². The number of methoxy groups -OCH3 is 1. The van der Waals surface area contributed by atoms with Crippen LogP contribution in [0.1, 0.15) is 12.5 Å². The summed E-state index contributed by atoms with van der Waals surface area (Å²) in [7, 11) is 1.21. The predicted octanol–water partition coefficient (Wildman–Crippen LogP) is 0.607. The zero-order valence-corrected chi connectivity index (χ0v) is 13.7. The predicted molar refractivity (Wildman–Crippen MR) is 85.1 cm³/mol. The minimum absolute atomic E-state index is 0.00588. The lowest BCUT2D eigenvalue weighted by Gasteiger charge is -2.17. The highest BCUT2D eigenvalue weighted by Crippen LogP contribution is 2.01. The molecule has 0 heterocycles. The van der Waals surface area contributed by atoms with E-state index in [1.54, 1.807) is 6.92 Å². The van der Waals surface area contributed by atoms with E-state index in [1.165, 1.54) is 7.11 Å². The van der Waals surface area contributed by atoms with Crippen LogP contribution >= 0.6 is 0 Å². The first-order valence-corrected chi connectivity index (χ1v) is 7.48. The lowest BCUT2D eigenvalue weighted by Crippen LogP contribution is -2.48. The minimum atomic E-state index is -0.979. The molecule has 0 radical (unpaired) electrons. The maximum atomic E-state index is 11.8. The van der Waals surface area contributed by atoms with E-state index in [4.69, 9.17) is 9.47 Å². The van der Waals surface area contributed by atoms with Crippen LogP contribution in [0.3, 0.4) is 0 Å². The topological polar surface area (TPSA) is 103 Å². The largest absolute Gasteiger partial charge is 0.467 e. The van der Waals surface area contributed by atoms with Crippen LogP contribution < -0.4 is 10.6 Å². The van der Waals surface area contributed by atoms with Crippen molar-refractivity contribution in [3.05, 3.63) is 35.9 Å². The summed E-state index contributed by atoms with van der Waals surface area (Å²) in [5, 5.41) is 5.11. The van der Waals surface area contributed by atoms with Crippen LogP contribution in [0.4, 0.5) is 4.79 Å². The lowest BCUT2D eigenvalue weighted by atomic mass is 10.2. The van der Waals surface area contributed by atoms with E-state index in [0.29, 0.717) is 0 Å². The van der Waals surface area contributed by atoms with Gasteiger partial charge >= 0.3 is 18.0 Å². The summed E-state index contributed by atoms with van der Waals surface area (Å²) in [6.45, 7) is 1.97. The first-order valence-electron chi connectivity index (χ1n) is 7.48. The Hall–Kier alpha value is -2.61. The molecule has 0 saturated heterocycles. The molecule has 0 aliphatic rings. The van der Waals surface area contributed by atoms with Crippen molar-refractivity contribution in [2.45, 2.75) is 19.6 Å². The highest BCUT2D eigenvalue weighted by atomic mass is 16.6. The first kappa shape index (κ1) is 19.4. The van der Waals surface area contributed by atoms with Gasteiger partial charge in [-0.3, -0.25) is 4.79 Å². The van der Waals surface area contributed by atoms with Gasteiger partial charge in [-0.25, -0.2) is 9.59 Å². The van der Waals surface area contributed by atoms with Crippen LogP contribution in [-0.4, -0.2) is 50.9 Å². The second kappa shape index (κ2) is 11.0. The molecule has 1 atom stereocenters. The number of ether oxygens (including phenoxy) is 3. The molecule has 0 aliphatic heterocycles. The van der Waals surface area contributed by atoms with Gasteiger partial charge in [0.25, 0.3) is 0 Å².